The van der Waals surface area contributed by atoms with Crippen LogP contribution in [0.15, 0.2) is 24.3 Å². The second kappa shape index (κ2) is 15.4. The number of nitrogens with one attached hydrogen (secondary N) is 3. The van der Waals surface area contributed by atoms with Crippen LogP contribution < -0.4 is 16.0 Å². The summed E-state index contributed by atoms with van der Waals surface area (Å²) in [6.07, 6.45) is 10.0. The average molecular weight is 515 g/mol. The van der Waals surface area contributed by atoms with Gasteiger partial charge in [-0.2, -0.15) is 0 Å². The van der Waals surface area contributed by atoms with E-state index >= 15 is 0 Å². The molecule has 30 heavy (non-hydrogen) atoms. The zero-order chi connectivity index (χ0) is 22.4. The minimum Gasteiger partial charge on any atom is -0.339 e. The van der Waals surface area contributed by atoms with Crippen molar-refractivity contribution in [3.05, 3.63) is 29.3 Å². The van der Waals surface area contributed by atoms with Gasteiger partial charge in [0.2, 0.25) is 9.70 Å². The Morgan fingerprint density at radius 3 is 2.10 bits per heavy atom. The maximum atomic E-state index is 12.3. The molecule has 1 atom stereocenters. The smallest absolute Gasteiger partial charge is 0.228 e. The molecule has 0 aliphatic heterocycles. The molecule has 0 aliphatic rings. The Balaban J connectivity index is 2.35. The summed E-state index contributed by atoms with van der Waals surface area (Å²) < 4.78 is -1.78. The number of alkyl halides is 3. The molecule has 0 aromatic heterocycles. The zero-order valence-electron chi connectivity index (χ0n) is 17.3. The standard InChI is InChI=1S/C21H31Cl4N3OS/c1-2-3-4-5-6-7-8-9-10-15-18(29)27-19(21(23,24)25)28-20(30)26-17-14-12-11-13-16(17)22/h11-14,19H,2-10,15H2,1H3,(H,27,29)(H2,26,28,30)/t19-/m0/s1. The van der Waals surface area contributed by atoms with Crippen LogP contribution in [0.1, 0.15) is 71.1 Å². The molecule has 0 saturated carbocycles. The van der Waals surface area contributed by atoms with Crippen LogP contribution in [-0.2, 0) is 4.79 Å². The Kier molecular flexibility index (Phi) is 14.1. The molecule has 0 heterocycles. The summed E-state index contributed by atoms with van der Waals surface area (Å²) in [5.74, 6) is -0.192. The number of carbonyl (C=O) groups excluding carboxylic acids is 1. The van der Waals surface area contributed by atoms with Crippen molar-refractivity contribution in [1.82, 2.24) is 10.6 Å². The van der Waals surface area contributed by atoms with E-state index in [0.29, 0.717) is 17.1 Å². The lowest BCUT2D eigenvalue weighted by Gasteiger charge is -2.28. The first-order chi connectivity index (χ1) is 14.2. The van der Waals surface area contributed by atoms with Crippen LogP contribution in [0, 0.1) is 0 Å². The number of carbonyl (C=O) groups is 1. The maximum absolute atomic E-state index is 12.3. The molecule has 9 heteroatoms. The fourth-order valence-corrected chi connectivity index (χ4v) is 3.62. The number of unbranched alkanes of at least 4 members (excludes halogenated alkanes) is 8. The van der Waals surface area contributed by atoms with Gasteiger partial charge in [0.05, 0.1) is 10.7 Å². The van der Waals surface area contributed by atoms with Gasteiger partial charge in [-0.25, -0.2) is 0 Å². The Bertz CT molecular complexity index is 655. The van der Waals surface area contributed by atoms with Gasteiger partial charge >= 0.3 is 0 Å². The van der Waals surface area contributed by atoms with Crippen molar-refractivity contribution >= 4 is 75.3 Å². The molecule has 1 amide bonds. The van der Waals surface area contributed by atoms with Gasteiger partial charge in [-0.15, -0.1) is 0 Å². The summed E-state index contributed by atoms with van der Waals surface area (Å²) in [6, 6.07) is 7.12. The highest BCUT2D eigenvalue weighted by Crippen LogP contribution is 2.29. The fourth-order valence-electron chi connectivity index (χ4n) is 2.88. The predicted octanol–water partition coefficient (Wildman–Crippen LogP) is 7.36. The molecule has 0 unspecified atom stereocenters. The van der Waals surface area contributed by atoms with Gasteiger partial charge in [-0.3, -0.25) is 4.79 Å². The first-order valence-electron chi connectivity index (χ1n) is 10.4. The zero-order valence-corrected chi connectivity index (χ0v) is 21.1. The van der Waals surface area contributed by atoms with Crippen molar-refractivity contribution in [2.75, 3.05) is 5.32 Å². The molecule has 1 aromatic carbocycles. The Labute approximate surface area is 205 Å². The van der Waals surface area contributed by atoms with Gasteiger partial charge in [-0.05, 0) is 30.8 Å². The Morgan fingerprint density at radius 2 is 1.53 bits per heavy atom. The number of rotatable bonds is 13. The lowest BCUT2D eigenvalue weighted by Crippen LogP contribution is -2.56. The van der Waals surface area contributed by atoms with E-state index in [-0.39, 0.29) is 11.0 Å². The van der Waals surface area contributed by atoms with Crippen LogP contribution >= 0.6 is 58.6 Å². The molecule has 0 spiro atoms. The third kappa shape index (κ3) is 12.4. The average Bonchev–Trinajstić information content (AvgIpc) is 2.67. The van der Waals surface area contributed by atoms with Crippen LogP contribution in [0.3, 0.4) is 0 Å². The van der Waals surface area contributed by atoms with Crippen LogP contribution in [-0.4, -0.2) is 21.0 Å². The molecule has 1 rings (SSSR count). The van der Waals surface area contributed by atoms with Crippen molar-refractivity contribution in [1.29, 1.82) is 0 Å². The van der Waals surface area contributed by atoms with E-state index in [1.54, 1.807) is 18.2 Å². The number of thiocarbonyl (C=S) groups is 1. The Hall–Kier alpha value is -0.460. The summed E-state index contributed by atoms with van der Waals surface area (Å²) in [7, 11) is 0. The van der Waals surface area contributed by atoms with Crippen LogP contribution in [0.2, 0.25) is 5.02 Å². The lowest BCUT2D eigenvalue weighted by atomic mass is 10.1. The van der Waals surface area contributed by atoms with Crippen LogP contribution in [0.4, 0.5) is 5.69 Å². The molecule has 1 aromatic rings. The number of anilines is 1. The number of hydrogen-bond acceptors (Lipinski definition) is 2. The molecular formula is C21H31Cl4N3OS. The first-order valence-corrected chi connectivity index (χ1v) is 12.3. The maximum Gasteiger partial charge on any atom is 0.228 e. The van der Waals surface area contributed by atoms with Crippen LogP contribution in [0.5, 0.6) is 0 Å². The van der Waals surface area contributed by atoms with E-state index in [9.17, 15) is 4.79 Å². The Morgan fingerprint density at radius 1 is 0.967 bits per heavy atom. The number of amides is 1. The summed E-state index contributed by atoms with van der Waals surface area (Å²) >= 11 is 29.4. The molecule has 0 radical (unpaired) electrons. The SMILES string of the molecule is CCCCCCCCCCCC(=O)N[C@@H](NC(=S)Nc1ccccc1Cl)C(Cl)(Cl)Cl. The minimum atomic E-state index is -1.78. The van der Waals surface area contributed by atoms with Gasteiger partial charge in [0.15, 0.2) is 5.11 Å². The second-order valence-electron chi connectivity index (χ2n) is 7.20. The molecule has 170 valence electrons. The molecule has 4 nitrogen and oxygen atoms in total. The fraction of sp³-hybridized carbons (Fsp3) is 0.619. The highest BCUT2D eigenvalue weighted by atomic mass is 35.6. The third-order valence-electron chi connectivity index (χ3n) is 4.54. The predicted molar refractivity (Wildman–Crippen MR) is 135 cm³/mol. The quantitative estimate of drug-likeness (QED) is 0.111. The summed E-state index contributed by atoms with van der Waals surface area (Å²) in [6.45, 7) is 2.22. The number of benzene rings is 1. The number of hydrogen-bond donors (Lipinski definition) is 3. The van der Waals surface area contributed by atoms with Crippen LogP contribution in [0.25, 0.3) is 0 Å². The van der Waals surface area contributed by atoms with Gasteiger partial charge in [0.25, 0.3) is 0 Å². The summed E-state index contributed by atoms with van der Waals surface area (Å²) in [4.78, 5) is 12.3. The third-order valence-corrected chi connectivity index (χ3v) is 5.74. The highest BCUT2D eigenvalue weighted by molar-refractivity contribution is 7.80. The van der Waals surface area contributed by atoms with Crippen molar-refractivity contribution in [2.45, 2.75) is 81.1 Å². The van der Waals surface area contributed by atoms with E-state index in [2.05, 4.69) is 22.9 Å². The van der Waals surface area contributed by atoms with Crippen molar-refractivity contribution in [2.24, 2.45) is 0 Å². The molecule has 3 N–H and O–H groups in total. The van der Waals surface area contributed by atoms with Gasteiger partial charge in [-0.1, -0.05) is 117 Å². The summed E-state index contributed by atoms with van der Waals surface area (Å²) in [5, 5.41) is 9.16. The number of para-hydroxylation sites is 1. The van der Waals surface area contributed by atoms with E-state index in [1.165, 1.54) is 38.5 Å². The van der Waals surface area contributed by atoms with E-state index in [4.69, 9.17) is 58.6 Å². The monoisotopic (exact) mass is 513 g/mol. The minimum absolute atomic E-state index is 0.183. The van der Waals surface area contributed by atoms with Crippen molar-refractivity contribution in [3.8, 4) is 0 Å². The summed E-state index contributed by atoms with van der Waals surface area (Å²) in [5.41, 5.74) is 0.612. The van der Waals surface area contributed by atoms with Gasteiger partial charge in [0.1, 0.15) is 6.17 Å². The topological polar surface area (TPSA) is 53.2 Å². The van der Waals surface area contributed by atoms with Crippen molar-refractivity contribution in [3.63, 3.8) is 0 Å². The molecule has 0 saturated heterocycles. The number of halogens is 4. The lowest BCUT2D eigenvalue weighted by molar-refractivity contribution is -0.122. The second-order valence-corrected chi connectivity index (χ2v) is 10.4. The molecular weight excluding hydrogens is 484 g/mol. The molecule has 0 bridgehead atoms. The molecule has 0 aliphatic carbocycles. The molecule has 0 fully saturated rings. The van der Waals surface area contributed by atoms with Gasteiger partial charge < -0.3 is 16.0 Å². The van der Waals surface area contributed by atoms with E-state index < -0.39 is 9.96 Å². The largest absolute Gasteiger partial charge is 0.339 e. The van der Waals surface area contributed by atoms with Crippen molar-refractivity contribution < 1.29 is 4.79 Å². The van der Waals surface area contributed by atoms with Gasteiger partial charge in [0, 0.05) is 6.42 Å². The highest BCUT2D eigenvalue weighted by Gasteiger charge is 2.34. The normalized spacial score (nSPS) is 12.3. The van der Waals surface area contributed by atoms with E-state index in [0.717, 1.165) is 19.3 Å². The first kappa shape index (κ1) is 27.6. The van der Waals surface area contributed by atoms with E-state index in [1.807, 2.05) is 6.07 Å².